The van der Waals surface area contributed by atoms with Crippen LogP contribution in [-0.4, -0.2) is 6.54 Å². The molecule has 0 saturated carbocycles. The summed E-state index contributed by atoms with van der Waals surface area (Å²) in [6.45, 7) is 5.39. The molecular weight excluding hydrogens is 273 g/mol. The number of rotatable bonds is 3. The molecule has 0 radical (unpaired) electrons. The van der Waals surface area contributed by atoms with Crippen LogP contribution >= 0.6 is 15.9 Å². The Morgan fingerprint density at radius 1 is 1.44 bits per heavy atom. The number of aryl methyl sites for hydroxylation is 1. The van der Waals surface area contributed by atoms with Crippen LogP contribution in [0.5, 0.6) is 0 Å². The normalized spacial score (nSPS) is 11.2. The summed E-state index contributed by atoms with van der Waals surface area (Å²) >= 11 is 3.37. The highest BCUT2D eigenvalue weighted by Gasteiger charge is 2.15. The van der Waals surface area contributed by atoms with E-state index in [9.17, 15) is 4.39 Å². The Kier molecular flexibility index (Phi) is 3.30. The van der Waals surface area contributed by atoms with Gasteiger partial charge >= 0.3 is 0 Å². The number of fused-ring (bicyclic) bond motifs is 1. The van der Waals surface area contributed by atoms with Gasteiger partial charge < -0.3 is 9.73 Å². The van der Waals surface area contributed by atoms with E-state index in [1.807, 2.05) is 13.8 Å². The number of hydrogen-bond donors (Lipinski definition) is 1. The van der Waals surface area contributed by atoms with Crippen LogP contribution in [0.15, 0.2) is 21.0 Å². The Morgan fingerprint density at radius 2 is 2.19 bits per heavy atom. The maximum absolute atomic E-state index is 13.7. The van der Waals surface area contributed by atoms with E-state index in [4.69, 9.17) is 4.42 Å². The molecule has 0 bridgehead atoms. The molecule has 0 spiro atoms. The molecule has 0 aliphatic heterocycles. The van der Waals surface area contributed by atoms with E-state index < -0.39 is 0 Å². The van der Waals surface area contributed by atoms with Crippen LogP contribution < -0.4 is 5.32 Å². The van der Waals surface area contributed by atoms with Crippen LogP contribution in [0.1, 0.15) is 18.2 Å². The molecule has 0 saturated heterocycles. The van der Waals surface area contributed by atoms with E-state index in [-0.39, 0.29) is 5.82 Å². The Hall–Kier alpha value is -0.870. The average Bonchev–Trinajstić information content (AvgIpc) is 2.60. The van der Waals surface area contributed by atoms with Crippen LogP contribution in [0, 0.1) is 12.7 Å². The second-order valence-electron chi connectivity index (χ2n) is 3.66. The van der Waals surface area contributed by atoms with Gasteiger partial charge in [0.2, 0.25) is 0 Å². The molecular formula is C12H13BrFNO. The summed E-state index contributed by atoms with van der Waals surface area (Å²) in [6.07, 6.45) is 0. The number of furan rings is 1. The molecule has 2 nitrogen and oxygen atoms in total. The number of nitrogens with one attached hydrogen (secondary N) is 1. The zero-order valence-electron chi connectivity index (χ0n) is 9.23. The van der Waals surface area contributed by atoms with Gasteiger partial charge in [-0.3, -0.25) is 0 Å². The standard InChI is InChI=1S/C12H13BrFNO/c1-3-15-6-10-7(2)11-9(14)5-4-8(13)12(11)16-10/h4-5,15H,3,6H2,1-2H3. The summed E-state index contributed by atoms with van der Waals surface area (Å²) in [5.41, 5.74) is 1.46. The molecule has 4 heteroatoms. The fourth-order valence-electron chi connectivity index (χ4n) is 1.73. The maximum Gasteiger partial charge on any atom is 0.151 e. The van der Waals surface area contributed by atoms with Gasteiger partial charge in [0, 0.05) is 5.56 Å². The number of halogens is 2. The molecule has 1 aromatic heterocycles. The minimum absolute atomic E-state index is 0.234. The summed E-state index contributed by atoms with van der Waals surface area (Å²) in [5, 5.41) is 3.75. The molecule has 2 aromatic rings. The molecule has 0 fully saturated rings. The molecule has 0 amide bonds. The molecule has 1 N–H and O–H groups in total. The van der Waals surface area contributed by atoms with E-state index in [1.54, 1.807) is 6.07 Å². The Labute approximate surface area is 102 Å². The van der Waals surface area contributed by atoms with Crippen LogP contribution in [0.3, 0.4) is 0 Å². The van der Waals surface area contributed by atoms with Gasteiger partial charge in [0.25, 0.3) is 0 Å². The average molecular weight is 286 g/mol. The van der Waals surface area contributed by atoms with Crippen molar-refractivity contribution in [1.29, 1.82) is 0 Å². The highest BCUT2D eigenvalue weighted by atomic mass is 79.9. The smallest absolute Gasteiger partial charge is 0.151 e. The van der Waals surface area contributed by atoms with Gasteiger partial charge in [0.15, 0.2) is 5.58 Å². The highest BCUT2D eigenvalue weighted by molar-refractivity contribution is 9.10. The first-order valence-corrected chi connectivity index (χ1v) is 6.01. The molecule has 86 valence electrons. The van der Waals surface area contributed by atoms with Gasteiger partial charge in [-0.25, -0.2) is 4.39 Å². The zero-order valence-corrected chi connectivity index (χ0v) is 10.8. The summed E-state index contributed by atoms with van der Waals surface area (Å²) in [7, 11) is 0. The van der Waals surface area contributed by atoms with Crippen molar-refractivity contribution in [3.8, 4) is 0 Å². The highest BCUT2D eigenvalue weighted by Crippen LogP contribution is 2.32. The third-order valence-electron chi connectivity index (χ3n) is 2.61. The lowest BCUT2D eigenvalue weighted by Crippen LogP contribution is -2.11. The van der Waals surface area contributed by atoms with E-state index in [1.165, 1.54) is 6.07 Å². The first-order valence-electron chi connectivity index (χ1n) is 5.21. The fourth-order valence-corrected chi connectivity index (χ4v) is 2.14. The number of hydrogen-bond acceptors (Lipinski definition) is 2. The minimum Gasteiger partial charge on any atom is -0.458 e. The number of benzene rings is 1. The van der Waals surface area contributed by atoms with E-state index in [0.717, 1.165) is 22.3 Å². The third kappa shape index (κ3) is 1.87. The summed E-state index contributed by atoms with van der Waals surface area (Å²) in [4.78, 5) is 0. The molecule has 0 aliphatic rings. The fraction of sp³-hybridized carbons (Fsp3) is 0.333. The first kappa shape index (κ1) is 11.6. The van der Waals surface area contributed by atoms with Crippen molar-refractivity contribution in [1.82, 2.24) is 5.32 Å². The van der Waals surface area contributed by atoms with Crippen molar-refractivity contribution in [2.45, 2.75) is 20.4 Å². The van der Waals surface area contributed by atoms with Crippen LogP contribution in [0.4, 0.5) is 4.39 Å². The Morgan fingerprint density at radius 3 is 2.81 bits per heavy atom. The second kappa shape index (κ2) is 4.55. The molecule has 0 aliphatic carbocycles. The van der Waals surface area contributed by atoms with Crippen molar-refractivity contribution in [2.75, 3.05) is 6.54 Å². The van der Waals surface area contributed by atoms with Crippen LogP contribution in [0.25, 0.3) is 11.0 Å². The molecule has 0 unspecified atom stereocenters. The zero-order chi connectivity index (χ0) is 11.7. The SMILES string of the molecule is CCNCc1oc2c(Br)ccc(F)c2c1C. The minimum atomic E-state index is -0.234. The lowest BCUT2D eigenvalue weighted by Gasteiger charge is -1.98. The van der Waals surface area contributed by atoms with Crippen LogP contribution in [-0.2, 0) is 6.54 Å². The quantitative estimate of drug-likeness (QED) is 0.929. The van der Waals surface area contributed by atoms with Gasteiger partial charge in [-0.1, -0.05) is 6.92 Å². The summed E-state index contributed by atoms with van der Waals surface area (Å²) in [5.74, 6) is 0.560. The van der Waals surface area contributed by atoms with E-state index >= 15 is 0 Å². The summed E-state index contributed by atoms with van der Waals surface area (Å²) in [6, 6.07) is 3.11. The predicted octanol–water partition coefficient (Wildman–Crippen LogP) is 3.75. The molecule has 2 rings (SSSR count). The van der Waals surface area contributed by atoms with Crippen molar-refractivity contribution in [3.05, 3.63) is 33.7 Å². The molecule has 16 heavy (non-hydrogen) atoms. The largest absolute Gasteiger partial charge is 0.458 e. The van der Waals surface area contributed by atoms with Crippen molar-refractivity contribution in [2.24, 2.45) is 0 Å². The van der Waals surface area contributed by atoms with Gasteiger partial charge in [0.05, 0.1) is 16.4 Å². The third-order valence-corrected chi connectivity index (χ3v) is 3.24. The summed E-state index contributed by atoms with van der Waals surface area (Å²) < 4.78 is 20.1. The monoisotopic (exact) mass is 285 g/mol. The van der Waals surface area contributed by atoms with Crippen LogP contribution in [0.2, 0.25) is 0 Å². The van der Waals surface area contributed by atoms with E-state index in [2.05, 4.69) is 21.2 Å². The first-order chi connectivity index (χ1) is 7.65. The topological polar surface area (TPSA) is 25.2 Å². The van der Waals surface area contributed by atoms with Crippen molar-refractivity contribution < 1.29 is 8.81 Å². The second-order valence-corrected chi connectivity index (χ2v) is 4.52. The molecule has 1 aromatic carbocycles. The van der Waals surface area contributed by atoms with Gasteiger partial charge in [-0.15, -0.1) is 0 Å². The Bertz CT molecular complexity index is 521. The molecule has 0 atom stereocenters. The van der Waals surface area contributed by atoms with Crippen molar-refractivity contribution >= 4 is 26.9 Å². The van der Waals surface area contributed by atoms with Crippen molar-refractivity contribution in [3.63, 3.8) is 0 Å². The van der Waals surface area contributed by atoms with Gasteiger partial charge in [-0.05, 0) is 41.5 Å². The van der Waals surface area contributed by atoms with Gasteiger partial charge in [-0.2, -0.15) is 0 Å². The molecule has 1 heterocycles. The Balaban J connectivity index is 2.58. The van der Waals surface area contributed by atoms with Gasteiger partial charge in [0.1, 0.15) is 11.6 Å². The predicted molar refractivity (Wildman–Crippen MR) is 66.0 cm³/mol. The lowest BCUT2D eigenvalue weighted by atomic mass is 10.1. The lowest BCUT2D eigenvalue weighted by molar-refractivity contribution is 0.515. The maximum atomic E-state index is 13.7. The van der Waals surface area contributed by atoms with E-state index in [0.29, 0.717) is 17.5 Å².